The number of furan rings is 1. The molecule has 0 bridgehead atoms. The molecule has 0 unspecified atom stereocenters. The van der Waals surface area contributed by atoms with Gasteiger partial charge in [0.2, 0.25) is 5.91 Å². The van der Waals surface area contributed by atoms with Gasteiger partial charge >= 0.3 is 0 Å². The minimum atomic E-state index is -3.10. The smallest absolute Gasteiger partial charge is 0.226 e. The van der Waals surface area contributed by atoms with Crippen molar-refractivity contribution in [2.75, 3.05) is 18.8 Å². The van der Waals surface area contributed by atoms with Crippen LogP contribution >= 0.6 is 0 Å². The van der Waals surface area contributed by atoms with Gasteiger partial charge in [0.15, 0.2) is 9.84 Å². The van der Waals surface area contributed by atoms with E-state index in [0.717, 1.165) is 12.2 Å². The lowest BCUT2D eigenvalue weighted by atomic mass is 10.1. The highest BCUT2D eigenvalue weighted by Crippen LogP contribution is 2.49. The lowest BCUT2D eigenvalue weighted by Gasteiger charge is -2.37. The van der Waals surface area contributed by atoms with Gasteiger partial charge in [0.05, 0.1) is 16.8 Å². The number of carbonyl (C=O) groups is 1. The fourth-order valence-electron chi connectivity index (χ4n) is 2.85. The Morgan fingerprint density at radius 1 is 1.45 bits per heavy atom. The molecule has 0 radical (unpaired) electrons. The number of sulfone groups is 1. The first-order valence-electron chi connectivity index (χ1n) is 6.86. The van der Waals surface area contributed by atoms with Gasteiger partial charge in [-0.1, -0.05) is 0 Å². The number of nitrogens with zero attached hydrogens (tertiary/aromatic N) is 1. The highest BCUT2D eigenvalue weighted by atomic mass is 32.2. The van der Waals surface area contributed by atoms with Crippen LogP contribution in [0.25, 0.3) is 0 Å². The molecular weight excluding hydrogens is 278 g/mol. The van der Waals surface area contributed by atoms with E-state index < -0.39 is 14.6 Å². The molecule has 0 spiro atoms. The van der Waals surface area contributed by atoms with E-state index >= 15 is 0 Å². The minimum Gasteiger partial charge on any atom is -0.469 e. The van der Waals surface area contributed by atoms with Gasteiger partial charge < -0.3 is 9.32 Å². The number of hydrogen-bond donors (Lipinski definition) is 0. The van der Waals surface area contributed by atoms with Crippen LogP contribution in [-0.4, -0.2) is 42.8 Å². The molecule has 1 saturated heterocycles. The van der Waals surface area contributed by atoms with Crippen molar-refractivity contribution in [3.63, 3.8) is 0 Å². The molecule has 0 aromatic carbocycles. The van der Waals surface area contributed by atoms with Crippen molar-refractivity contribution in [3.8, 4) is 0 Å². The Hall–Kier alpha value is -1.30. The third-order valence-corrected chi connectivity index (χ3v) is 6.90. The summed E-state index contributed by atoms with van der Waals surface area (Å²) in [6.07, 6.45) is 2.42. The first-order valence-corrected chi connectivity index (χ1v) is 8.51. The average molecular weight is 297 g/mol. The van der Waals surface area contributed by atoms with Gasteiger partial charge in [-0.05, 0) is 32.4 Å². The fraction of sp³-hybridized carbons (Fsp3) is 0.643. The highest BCUT2D eigenvalue weighted by Gasteiger charge is 2.50. The van der Waals surface area contributed by atoms with Crippen LogP contribution in [0.15, 0.2) is 22.8 Å². The molecule has 1 amide bonds. The van der Waals surface area contributed by atoms with Crippen LogP contribution in [0, 0.1) is 5.92 Å². The van der Waals surface area contributed by atoms with Crippen LogP contribution in [0.2, 0.25) is 0 Å². The average Bonchev–Trinajstić information content (AvgIpc) is 2.98. The minimum absolute atomic E-state index is 0.0437. The van der Waals surface area contributed by atoms with E-state index in [-0.39, 0.29) is 30.0 Å². The van der Waals surface area contributed by atoms with Gasteiger partial charge in [-0.3, -0.25) is 4.79 Å². The van der Waals surface area contributed by atoms with Gasteiger partial charge in [0.1, 0.15) is 5.76 Å². The Kier molecular flexibility index (Phi) is 2.97. The van der Waals surface area contributed by atoms with Crippen LogP contribution in [0.4, 0.5) is 0 Å². The quantitative estimate of drug-likeness (QED) is 0.828. The third kappa shape index (κ3) is 2.16. The Bertz CT molecular complexity index is 618. The molecule has 6 heteroatoms. The van der Waals surface area contributed by atoms with E-state index in [9.17, 15) is 13.2 Å². The van der Waals surface area contributed by atoms with Gasteiger partial charge in [0, 0.05) is 24.9 Å². The van der Waals surface area contributed by atoms with Crippen LogP contribution in [0.3, 0.4) is 0 Å². The normalized spacial score (nSPS) is 31.0. The van der Waals surface area contributed by atoms with Crippen LogP contribution in [-0.2, 0) is 14.6 Å². The van der Waals surface area contributed by atoms with E-state index in [1.807, 2.05) is 12.1 Å². The van der Waals surface area contributed by atoms with Crippen LogP contribution in [0.1, 0.15) is 31.9 Å². The highest BCUT2D eigenvalue weighted by molar-refractivity contribution is 7.92. The Balaban J connectivity index is 1.68. The number of carbonyl (C=O) groups excluding carboxylic acids is 1. The summed E-state index contributed by atoms with van der Waals surface area (Å²) in [5.41, 5.74) is 0. The predicted molar refractivity (Wildman–Crippen MR) is 74.0 cm³/mol. The van der Waals surface area contributed by atoms with Crippen LogP contribution < -0.4 is 0 Å². The Labute approximate surface area is 118 Å². The van der Waals surface area contributed by atoms with Crippen molar-refractivity contribution >= 4 is 15.7 Å². The molecule has 0 N–H and O–H groups in total. The zero-order chi connectivity index (χ0) is 14.5. The summed E-state index contributed by atoms with van der Waals surface area (Å²) in [6.45, 7) is 3.98. The summed E-state index contributed by atoms with van der Waals surface area (Å²) in [7, 11) is -3.10. The van der Waals surface area contributed by atoms with Gasteiger partial charge in [-0.25, -0.2) is 8.42 Å². The van der Waals surface area contributed by atoms with Crippen molar-refractivity contribution in [2.45, 2.75) is 30.9 Å². The standard InChI is InChI=1S/C14H19NO4S/c1-14(2)9-15(5-7-20(14,17)18)13(16)11-8-10(11)12-4-3-6-19-12/h3-4,6,10-11H,5,7-9H2,1-2H3/t10-,11-/m0/s1. The molecule has 5 nitrogen and oxygen atoms in total. The second-order valence-corrected chi connectivity index (χ2v) is 9.05. The second-order valence-electron chi connectivity index (χ2n) is 6.30. The summed E-state index contributed by atoms with van der Waals surface area (Å²) in [5.74, 6) is 1.10. The van der Waals surface area contributed by atoms with Crippen molar-refractivity contribution < 1.29 is 17.6 Å². The van der Waals surface area contributed by atoms with Gasteiger partial charge in [-0.2, -0.15) is 0 Å². The Morgan fingerprint density at radius 2 is 2.20 bits per heavy atom. The molecule has 2 fully saturated rings. The van der Waals surface area contributed by atoms with Gasteiger partial charge in [-0.15, -0.1) is 0 Å². The van der Waals surface area contributed by atoms with Crippen LogP contribution in [0.5, 0.6) is 0 Å². The first kappa shape index (κ1) is 13.7. The molecule has 2 atom stereocenters. The monoisotopic (exact) mass is 297 g/mol. The maximum atomic E-state index is 12.5. The van der Waals surface area contributed by atoms with E-state index in [2.05, 4.69) is 0 Å². The van der Waals surface area contributed by atoms with E-state index in [4.69, 9.17) is 4.42 Å². The lowest BCUT2D eigenvalue weighted by Crippen LogP contribution is -2.55. The Morgan fingerprint density at radius 3 is 2.80 bits per heavy atom. The molecule has 3 rings (SSSR count). The molecule has 110 valence electrons. The van der Waals surface area contributed by atoms with Crippen molar-refractivity contribution in [1.29, 1.82) is 0 Å². The lowest BCUT2D eigenvalue weighted by molar-refractivity contribution is -0.133. The molecule has 1 aliphatic heterocycles. The summed E-state index contributed by atoms with van der Waals surface area (Å²) < 4.78 is 28.4. The predicted octanol–water partition coefficient (Wildman–Crippen LogP) is 1.42. The van der Waals surface area contributed by atoms with Crippen molar-refractivity contribution in [2.24, 2.45) is 5.92 Å². The number of rotatable bonds is 2. The molecule has 1 aromatic rings. The number of amides is 1. The topological polar surface area (TPSA) is 67.6 Å². The molecule has 1 saturated carbocycles. The fourth-order valence-corrected chi connectivity index (χ4v) is 4.22. The SMILES string of the molecule is CC1(C)CN(C(=O)[C@H]2C[C@@H]2c2ccco2)CCS1(=O)=O. The maximum Gasteiger partial charge on any atom is 0.226 e. The third-order valence-electron chi connectivity index (χ3n) is 4.37. The molecule has 2 heterocycles. The molecule has 20 heavy (non-hydrogen) atoms. The number of hydrogen-bond acceptors (Lipinski definition) is 4. The molecule has 2 aliphatic rings. The summed E-state index contributed by atoms with van der Waals surface area (Å²) >= 11 is 0. The first-order chi connectivity index (χ1) is 9.32. The summed E-state index contributed by atoms with van der Waals surface area (Å²) in [6, 6.07) is 3.72. The van der Waals surface area contributed by atoms with Crippen molar-refractivity contribution in [1.82, 2.24) is 4.90 Å². The van der Waals surface area contributed by atoms with E-state index in [1.165, 1.54) is 0 Å². The van der Waals surface area contributed by atoms with Gasteiger partial charge in [0.25, 0.3) is 0 Å². The summed E-state index contributed by atoms with van der Waals surface area (Å²) in [4.78, 5) is 14.2. The second kappa shape index (κ2) is 4.35. The molecule has 1 aromatic heterocycles. The zero-order valence-electron chi connectivity index (χ0n) is 11.7. The largest absolute Gasteiger partial charge is 0.469 e. The molecular formula is C14H19NO4S. The summed E-state index contributed by atoms with van der Waals surface area (Å²) in [5, 5.41) is 0. The molecule has 1 aliphatic carbocycles. The van der Waals surface area contributed by atoms with E-state index in [1.54, 1.807) is 25.0 Å². The van der Waals surface area contributed by atoms with Crippen molar-refractivity contribution in [3.05, 3.63) is 24.2 Å². The maximum absolute atomic E-state index is 12.5. The zero-order valence-corrected chi connectivity index (χ0v) is 12.5. The van der Waals surface area contributed by atoms with E-state index in [0.29, 0.717) is 6.54 Å².